The van der Waals surface area contributed by atoms with Gasteiger partial charge in [0.2, 0.25) is 0 Å². The van der Waals surface area contributed by atoms with Crippen LogP contribution < -0.4 is 0 Å². The molecule has 0 aliphatic carbocycles. The largest absolute Gasteiger partial charge is 0.462 e. The van der Waals surface area contributed by atoms with Crippen LogP contribution in [-0.2, 0) is 28.6 Å². The Kier molecular flexibility index (Phi) is 56.4. The molecule has 6 heteroatoms. The van der Waals surface area contributed by atoms with Gasteiger partial charge in [0, 0.05) is 19.3 Å². The van der Waals surface area contributed by atoms with Crippen molar-refractivity contribution >= 4 is 17.9 Å². The Morgan fingerprint density at radius 1 is 0.288 bits per heavy atom. The fourth-order valence-electron chi connectivity index (χ4n) is 7.75. The molecule has 0 spiro atoms. The highest BCUT2D eigenvalue weighted by Gasteiger charge is 2.19. The molecule has 0 saturated heterocycles. The number of carbonyl (C=O) groups is 3. The molecule has 0 radical (unpaired) electrons. The van der Waals surface area contributed by atoms with E-state index in [9.17, 15) is 14.4 Å². The molecule has 0 aromatic heterocycles. The molecule has 0 amide bonds. The van der Waals surface area contributed by atoms with Gasteiger partial charge in [0.25, 0.3) is 0 Å². The summed E-state index contributed by atoms with van der Waals surface area (Å²) in [5, 5.41) is 0. The summed E-state index contributed by atoms with van der Waals surface area (Å²) in [5.41, 5.74) is 0. The Hall–Kier alpha value is -4.45. The normalized spacial score (nSPS) is 13.1. The Bertz CT molecular complexity index is 1580. The second-order valence-electron chi connectivity index (χ2n) is 19.1. The Labute approximate surface area is 449 Å². The van der Waals surface area contributed by atoms with E-state index in [1.807, 2.05) is 12.2 Å². The van der Waals surface area contributed by atoms with Crippen LogP contribution in [0.3, 0.4) is 0 Å². The first-order valence-corrected chi connectivity index (χ1v) is 29.7. The van der Waals surface area contributed by atoms with Crippen molar-refractivity contribution in [3.63, 3.8) is 0 Å². The molecular weight excluding hydrogens is 901 g/mol. The number of allylic oxidation sites excluding steroid dienone is 22. The number of carbonyl (C=O) groups excluding carboxylic acids is 3. The molecule has 0 aromatic rings. The Morgan fingerprint density at radius 3 is 0.918 bits per heavy atom. The molecule has 0 fully saturated rings. The van der Waals surface area contributed by atoms with Crippen LogP contribution in [-0.4, -0.2) is 37.2 Å². The summed E-state index contributed by atoms with van der Waals surface area (Å²) >= 11 is 0. The summed E-state index contributed by atoms with van der Waals surface area (Å²) in [6.07, 6.45) is 84.6. The van der Waals surface area contributed by atoms with Gasteiger partial charge in [0.1, 0.15) is 13.2 Å². The van der Waals surface area contributed by atoms with Crippen molar-refractivity contribution in [3.05, 3.63) is 134 Å². The number of hydrogen-bond acceptors (Lipinski definition) is 6. The van der Waals surface area contributed by atoms with E-state index in [0.29, 0.717) is 19.3 Å². The number of rotatable bonds is 52. The lowest BCUT2D eigenvalue weighted by molar-refractivity contribution is -0.166. The van der Waals surface area contributed by atoms with Crippen molar-refractivity contribution in [2.45, 2.75) is 258 Å². The lowest BCUT2D eigenvalue weighted by Gasteiger charge is -2.18. The summed E-state index contributed by atoms with van der Waals surface area (Å²) in [6.45, 7) is 6.30. The fourth-order valence-corrected chi connectivity index (χ4v) is 7.75. The maximum Gasteiger partial charge on any atom is 0.306 e. The second kappa shape index (κ2) is 60.1. The average molecular weight is 1010 g/mol. The number of unbranched alkanes of at least 4 members (excludes halogenated alkanes) is 19. The molecule has 0 bridgehead atoms. The highest BCUT2D eigenvalue weighted by atomic mass is 16.6. The van der Waals surface area contributed by atoms with Gasteiger partial charge in [-0.3, -0.25) is 14.4 Å². The van der Waals surface area contributed by atoms with Crippen molar-refractivity contribution in [2.24, 2.45) is 0 Å². The van der Waals surface area contributed by atoms with Gasteiger partial charge < -0.3 is 14.2 Å². The molecular formula is C67H108O6. The zero-order valence-corrected chi connectivity index (χ0v) is 47.1. The van der Waals surface area contributed by atoms with Gasteiger partial charge in [0.15, 0.2) is 6.10 Å². The molecule has 73 heavy (non-hydrogen) atoms. The molecule has 0 N–H and O–H groups in total. The minimum Gasteiger partial charge on any atom is -0.462 e. The van der Waals surface area contributed by atoms with Gasteiger partial charge in [-0.15, -0.1) is 0 Å². The van der Waals surface area contributed by atoms with Crippen molar-refractivity contribution in [3.8, 4) is 0 Å². The topological polar surface area (TPSA) is 78.9 Å². The van der Waals surface area contributed by atoms with Crippen LogP contribution in [0.5, 0.6) is 0 Å². The third-order valence-electron chi connectivity index (χ3n) is 12.1. The van der Waals surface area contributed by atoms with E-state index in [1.165, 1.54) is 89.9 Å². The summed E-state index contributed by atoms with van der Waals surface area (Å²) in [6, 6.07) is 0. The van der Waals surface area contributed by atoms with Crippen molar-refractivity contribution in [1.29, 1.82) is 0 Å². The predicted octanol–water partition coefficient (Wildman–Crippen LogP) is 20.2. The molecule has 0 saturated carbocycles. The minimum atomic E-state index is -0.821. The third-order valence-corrected chi connectivity index (χ3v) is 12.1. The van der Waals surface area contributed by atoms with Crippen LogP contribution in [0.15, 0.2) is 134 Å². The zero-order valence-electron chi connectivity index (χ0n) is 47.1. The van der Waals surface area contributed by atoms with Gasteiger partial charge in [-0.25, -0.2) is 0 Å². The SMILES string of the molecule is CC/C=C\C/C=C\C/C=C\C/C=C\CCCCCCCCCCCCC(=O)OCC(COC(=O)CC/C=C\C/C=C\C/C=C\C/C=C\CC)OC(=O)CCCCCCCC/C=C\C/C=C\C/C=C\CCCCC. The van der Waals surface area contributed by atoms with Gasteiger partial charge >= 0.3 is 17.9 Å². The quantitative estimate of drug-likeness (QED) is 0.0261. The lowest BCUT2D eigenvalue weighted by Crippen LogP contribution is -2.30. The van der Waals surface area contributed by atoms with E-state index >= 15 is 0 Å². The maximum atomic E-state index is 12.9. The first-order chi connectivity index (χ1) is 36.0. The van der Waals surface area contributed by atoms with E-state index in [1.54, 1.807) is 0 Å². The van der Waals surface area contributed by atoms with E-state index in [4.69, 9.17) is 14.2 Å². The lowest BCUT2D eigenvalue weighted by atomic mass is 10.1. The van der Waals surface area contributed by atoms with Crippen LogP contribution in [0.4, 0.5) is 0 Å². The van der Waals surface area contributed by atoms with Gasteiger partial charge in [-0.2, -0.15) is 0 Å². The summed E-state index contributed by atoms with van der Waals surface area (Å²) in [5.74, 6) is -1.02. The molecule has 0 heterocycles. The summed E-state index contributed by atoms with van der Waals surface area (Å²) in [4.78, 5) is 38.2. The van der Waals surface area contributed by atoms with Crippen molar-refractivity contribution in [2.75, 3.05) is 13.2 Å². The maximum absolute atomic E-state index is 12.9. The number of esters is 3. The highest BCUT2D eigenvalue weighted by molar-refractivity contribution is 5.71. The average Bonchev–Trinajstić information content (AvgIpc) is 3.39. The second-order valence-corrected chi connectivity index (χ2v) is 19.1. The third kappa shape index (κ3) is 58.3. The zero-order chi connectivity index (χ0) is 52.9. The molecule has 1 unspecified atom stereocenters. The molecule has 0 rings (SSSR count). The van der Waals surface area contributed by atoms with Gasteiger partial charge in [-0.05, 0) is 122 Å². The van der Waals surface area contributed by atoms with Crippen LogP contribution in [0, 0.1) is 0 Å². The fraction of sp³-hybridized carbons (Fsp3) is 0.627. The first-order valence-electron chi connectivity index (χ1n) is 29.7. The smallest absolute Gasteiger partial charge is 0.306 e. The van der Waals surface area contributed by atoms with Crippen LogP contribution in [0.25, 0.3) is 0 Å². The molecule has 1 atom stereocenters. The first kappa shape index (κ1) is 68.6. The van der Waals surface area contributed by atoms with E-state index in [-0.39, 0.29) is 37.5 Å². The van der Waals surface area contributed by atoms with Gasteiger partial charge in [-0.1, -0.05) is 244 Å². The molecule has 6 nitrogen and oxygen atoms in total. The van der Waals surface area contributed by atoms with Crippen molar-refractivity contribution in [1.82, 2.24) is 0 Å². The molecule has 0 aromatic carbocycles. The Morgan fingerprint density at radius 2 is 0.562 bits per heavy atom. The van der Waals surface area contributed by atoms with E-state index in [2.05, 4.69) is 142 Å². The van der Waals surface area contributed by atoms with Crippen molar-refractivity contribution < 1.29 is 28.6 Å². The molecule has 0 aliphatic rings. The monoisotopic (exact) mass is 1010 g/mol. The predicted molar refractivity (Wildman–Crippen MR) is 316 cm³/mol. The summed E-state index contributed by atoms with van der Waals surface area (Å²) in [7, 11) is 0. The molecule has 0 aliphatic heterocycles. The standard InChI is InChI=1S/C67H108O6/c1-4-7-10-13-16-19-22-25-27-29-31-32-33-34-36-37-39-42-45-48-51-54-57-60-66(69)72-63-64(62-71-65(68)59-56-53-50-47-44-41-24-21-18-15-12-9-6-3)73-67(70)61-58-55-52-49-46-43-40-38-35-30-28-26-23-20-17-14-11-8-5-2/h7,9-10,12,16-21,25-28,31-32,35,38,41,44,50,53,64H,4-6,8,11,13-15,22-24,29-30,33-34,36-37,39-40,42-43,45-49,51-52,54-63H2,1-3H3/b10-7-,12-9-,19-16-,20-17-,21-18-,27-25-,28-26-,32-31-,38-35-,44-41-,53-50-. The minimum absolute atomic E-state index is 0.112. The van der Waals surface area contributed by atoms with E-state index in [0.717, 1.165) is 116 Å². The molecule has 412 valence electrons. The van der Waals surface area contributed by atoms with Crippen LogP contribution in [0.1, 0.15) is 252 Å². The van der Waals surface area contributed by atoms with Crippen LogP contribution in [0.2, 0.25) is 0 Å². The number of hydrogen-bond donors (Lipinski definition) is 0. The Balaban J connectivity index is 4.44. The number of ether oxygens (including phenoxy) is 3. The summed E-state index contributed by atoms with van der Waals surface area (Å²) < 4.78 is 16.8. The van der Waals surface area contributed by atoms with E-state index < -0.39 is 6.10 Å². The van der Waals surface area contributed by atoms with Gasteiger partial charge in [0.05, 0.1) is 0 Å². The van der Waals surface area contributed by atoms with Crippen LogP contribution >= 0.6 is 0 Å². The highest BCUT2D eigenvalue weighted by Crippen LogP contribution is 2.14.